The van der Waals surface area contributed by atoms with Crippen LogP contribution in [0, 0.1) is 13.8 Å². The lowest BCUT2D eigenvalue weighted by molar-refractivity contribution is 0.0732. The molecule has 2 aromatic carbocycles. The molecule has 0 fully saturated rings. The van der Waals surface area contributed by atoms with Crippen molar-refractivity contribution < 1.29 is 9.53 Å². The van der Waals surface area contributed by atoms with Crippen LogP contribution in [0.5, 0.6) is 5.75 Å². The van der Waals surface area contributed by atoms with E-state index >= 15 is 0 Å². The third-order valence-corrected chi connectivity index (χ3v) is 6.34. The number of carbonyl (C=O) groups is 1. The van der Waals surface area contributed by atoms with Crippen LogP contribution in [-0.4, -0.2) is 5.97 Å². The number of esters is 1. The van der Waals surface area contributed by atoms with Crippen molar-refractivity contribution in [2.24, 2.45) is 0 Å². The van der Waals surface area contributed by atoms with Gasteiger partial charge in [0.05, 0.1) is 14.5 Å². The van der Waals surface area contributed by atoms with Gasteiger partial charge < -0.3 is 4.74 Å². The third kappa shape index (κ3) is 3.52. The van der Waals surface area contributed by atoms with Gasteiger partial charge in [-0.05, 0) is 81.1 Å². The van der Waals surface area contributed by atoms with E-state index in [0.29, 0.717) is 16.3 Å². The zero-order valence-corrected chi connectivity index (χ0v) is 16.7. The van der Waals surface area contributed by atoms with Gasteiger partial charge >= 0.3 is 5.97 Å². The Balaban J connectivity index is 2.40. The largest absolute Gasteiger partial charge is 0.420 e. The second-order valence-electron chi connectivity index (χ2n) is 4.42. The zero-order chi connectivity index (χ0) is 15.7. The molecule has 21 heavy (non-hydrogen) atoms. The molecule has 0 bridgehead atoms. The number of rotatable bonds is 2. The summed E-state index contributed by atoms with van der Waals surface area (Å²) in [5.41, 5.74) is 2.38. The van der Waals surface area contributed by atoms with Crippen molar-refractivity contribution in [2.75, 3.05) is 0 Å². The lowest BCUT2D eigenvalue weighted by Gasteiger charge is -2.15. The molecular weight excluding hydrogens is 487 g/mol. The molecule has 0 aromatic heterocycles. The van der Waals surface area contributed by atoms with Crippen LogP contribution < -0.4 is 4.74 Å². The fourth-order valence-corrected chi connectivity index (χ4v) is 4.01. The Labute approximate surface area is 153 Å². The van der Waals surface area contributed by atoms with Gasteiger partial charge in [0.25, 0.3) is 0 Å². The molecule has 2 nitrogen and oxygen atoms in total. The average molecular weight is 497 g/mol. The second-order valence-corrected chi connectivity index (χ2v) is 7.23. The Morgan fingerprint density at radius 3 is 1.90 bits per heavy atom. The van der Waals surface area contributed by atoms with E-state index in [1.807, 2.05) is 13.8 Å². The molecule has 0 spiro atoms. The van der Waals surface area contributed by atoms with Crippen molar-refractivity contribution in [3.05, 3.63) is 59.4 Å². The Morgan fingerprint density at radius 2 is 1.43 bits per heavy atom. The minimum absolute atomic E-state index is 0.436. The van der Waals surface area contributed by atoms with Gasteiger partial charge in [0.2, 0.25) is 0 Å². The summed E-state index contributed by atoms with van der Waals surface area (Å²) in [4.78, 5) is 12.2. The van der Waals surface area contributed by atoms with Crippen LogP contribution in [0.4, 0.5) is 0 Å². The van der Waals surface area contributed by atoms with E-state index in [4.69, 9.17) is 16.3 Å². The highest BCUT2D eigenvalue weighted by Gasteiger charge is 2.20. The Bertz CT molecular complexity index is 683. The smallest absolute Gasteiger partial charge is 0.343 e. The van der Waals surface area contributed by atoms with Gasteiger partial charge in [0.1, 0.15) is 0 Å². The van der Waals surface area contributed by atoms with E-state index in [1.165, 1.54) is 0 Å². The summed E-state index contributed by atoms with van der Waals surface area (Å²) in [5.74, 6) is 0.0299. The molecule has 0 aliphatic rings. The first-order chi connectivity index (χ1) is 9.82. The first-order valence-corrected chi connectivity index (χ1v) is 8.70. The molecule has 2 aromatic rings. The zero-order valence-electron chi connectivity index (χ0n) is 11.1. The SMILES string of the molecule is Cc1c(Br)c(C)c(Br)c(OC(=O)c2ccc(Cl)cc2)c1Br. The molecular formula is C15H10Br3ClO2. The molecule has 0 N–H and O–H groups in total. The van der Waals surface area contributed by atoms with Gasteiger partial charge in [-0.1, -0.05) is 27.5 Å². The van der Waals surface area contributed by atoms with Crippen LogP contribution in [0.25, 0.3) is 0 Å². The summed E-state index contributed by atoms with van der Waals surface area (Å²) >= 11 is 16.3. The highest BCUT2D eigenvalue weighted by Crippen LogP contribution is 2.43. The predicted octanol–water partition coefficient (Wildman–Crippen LogP) is 6.46. The van der Waals surface area contributed by atoms with Crippen molar-refractivity contribution >= 4 is 65.4 Å². The van der Waals surface area contributed by atoms with Gasteiger partial charge in [0, 0.05) is 9.50 Å². The highest BCUT2D eigenvalue weighted by molar-refractivity contribution is 9.11. The quantitative estimate of drug-likeness (QED) is 0.352. The van der Waals surface area contributed by atoms with Crippen molar-refractivity contribution in [3.63, 3.8) is 0 Å². The van der Waals surface area contributed by atoms with E-state index in [9.17, 15) is 4.79 Å². The van der Waals surface area contributed by atoms with Crippen LogP contribution in [0.15, 0.2) is 37.7 Å². The van der Waals surface area contributed by atoms with Crippen LogP contribution in [0.1, 0.15) is 21.5 Å². The number of ether oxygens (including phenoxy) is 1. The van der Waals surface area contributed by atoms with Crippen molar-refractivity contribution in [2.45, 2.75) is 13.8 Å². The molecule has 0 atom stereocenters. The average Bonchev–Trinajstić information content (AvgIpc) is 2.48. The molecule has 0 amide bonds. The van der Waals surface area contributed by atoms with Gasteiger partial charge in [-0.25, -0.2) is 4.79 Å². The van der Waals surface area contributed by atoms with E-state index in [0.717, 1.165) is 24.5 Å². The highest BCUT2D eigenvalue weighted by atomic mass is 79.9. The van der Waals surface area contributed by atoms with E-state index < -0.39 is 5.97 Å². The lowest BCUT2D eigenvalue weighted by atomic mass is 10.1. The van der Waals surface area contributed by atoms with Gasteiger partial charge in [-0.3, -0.25) is 0 Å². The van der Waals surface area contributed by atoms with E-state index in [2.05, 4.69) is 47.8 Å². The van der Waals surface area contributed by atoms with E-state index in [1.54, 1.807) is 24.3 Å². The molecule has 0 radical (unpaired) electrons. The van der Waals surface area contributed by atoms with Crippen molar-refractivity contribution in [3.8, 4) is 5.75 Å². The standard InChI is InChI=1S/C15H10Br3ClO2/c1-7-11(16)8(2)13(18)14(12(7)17)21-15(20)9-3-5-10(19)6-4-9/h3-6H,1-2H3. The molecule has 2 rings (SSSR count). The minimum atomic E-state index is -0.436. The first kappa shape index (κ1) is 17.0. The summed E-state index contributed by atoms with van der Waals surface area (Å²) < 4.78 is 7.95. The molecule has 110 valence electrons. The predicted molar refractivity (Wildman–Crippen MR) is 95.4 cm³/mol. The number of hydrogen-bond acceptors (Lipinski definition) is 2. The minimum Gasteiger partial charge on any atom is -0.420 e. The van der Waals surface area contributed by atoms with Gasteiger partial charge in [-0.15, -0.1) is 0 Å². The molecule has 0 saturated carbocycles. The van der Waals surface area contributed by atoms with Gasteiger partial charge in [-0.2, -0.15) is 0 Å². The molecule has 6 heteroatoms. The van der Waals surface area contributed by atoms with Gasteiger partial charge in [0.15, 0.2) is 5.75 Å². The molecule has 0 heterocycles. The third-order valence-electron chi connectivity index (χ3n) is 2.99. The first-order valence-electron chi connectivity index (χ1n) is 5.94. The topological polar surface area (TPSA) is 26.3 Å². The second kappa shape index (κ2) is 6.82. The number of halogens is 4. The van der Waals surface area contributed by atoms with Crippen LogP contribution in [0.2, 0.25) is 5.02 Å². The number of benzene rings is 2. The summed E-state index contributed by atoms with van der Waals surface area (Å²) in [5, 5.41) is 0.573. The summed E-state index contributed by atoms with van der Waals surface area (Å²) in [6, 6.07) is 6.57. The molecule has 0 aliphatic carbocycles. The summed E-state index contributed by atoms with van der Waals surface area (Å²) in [6.45, 7) is 3.88. The normalized spacial score (nSPS) is 10.6. The summed E-state index contributed by atoms with van der Waals surface area (Å²) in [6.07, 6.45) is 0. The maximum Gasteiger partial charge on any atom is 0.343 e. The molecule has 0 aliphatic heterocycles. The molecule has 0 unspecified atom stereocenters. The van der Waals surface area contributed by atoms with Crippen molar-refractivity contribution in [1.29, 1.82) is 0 Å². The van der Waals surface area contributed by atoms with Crippen LogP contribution in [0.3, 0.4) is 0 Å². The summed E-state index contributed by atoms with van der Waals surface area (Å²) in [7, 11) is 0. The maximum absolute atomic E-state index is 12.2. The Kier molecular flexibility index (Phi) is 5.52. The molecule has 0 saturated heterocycles. The Morgan fingerprint density at radius 1 is 0.952 bits per heavy atom. The van der Waals surface area contributed by atoms with E-state index in [-0.39, 0.29) is 0 Å². The van der Waals surface area contributed by atoms with Crippen LogP contribution in [-0.2, 0) is 0 Å². The fourth-order valence-electron chi connectivity index (χ4n) is 1.74. The number of carbonyl (C=O) groups excluding carboxylic acids is 1. The maximum atomic E-state index is 12.2. The van der Waals surface area contributed by atoms with Crippen molar-refractivity contribution in [1.82, 2.24) is 0 Å². The van der Waals surface area contributed by atoms with Crippen LogP contribution >= 0.6 is 59.4 Å². The lowest BCUT2D eigenvalue weighted by Crippen LogP contribution is -2.10. The number of hydrogen-bond donors (Lipinski definition) is 0. The fraction of sp³-hybridized carbons (Fsp3) is 0.133. The Hall–Kier alpha value is -0.360. The monoisotopic (exact) mass is 494 g/mol.